The van der Waals surface area contributed by atoms with E-state index in [-0.39, 0.29) is 18.3 Å². The van der Waals surface area contributed by atoms with Crippen LogP contribution in [0.2, 0.25) is 0 Å². The van der Waals surface area contributed by atoms with Gasteiger partial charge < -0.3 is 31.8 Å². The molecule has 0 saturated heterocycles. The maximum absolute atomic E-state index is 13.1. The lowest BCUT2D eigenvalue weighted by Crippen LogP contribution is -2.59. The van der Waals surface area contributed by atoms with Crippen LogP contribution in [0, 0.1) is 11.8 Å². The van der Waals surface area contributed by atoms with Gasteiger partial charge >= 0.3 is 5.97 Å². The van der Waals surface area contributed by atoms with Crippen molar-refractivity contribution in [1.82, 2.24) is 25.9 Å². The molecule has 1 heterocycles. The van der Waals surface area contributed by atoms with Crippen LogP contribution in [0.3, 0.4) is 0 Å². The maximum atomic E-state index is 13.1. The molecule has 0 fully saturated rings. The summed E-state index contributed by atoms with van der Waals surface area (Å²) in [4.78, 5) is 56.2. The SMILES string of the molecule is CCC(C)C(NC(=O)C(N)Cc1cnc[nH]1)C(=O)NC(C(=O)NC(C)C(=O)O)C(C)CC. The Morgan fingerprint density at radius 3 is 1.91 bits per heavy atom. The highest BCUT2D eigenvalue weighted by molar-refractivity contribution is 5.94. The third kappa shape index (κ3) is 7.95. The topological polar surface area (TPSA) is 179 Å². The van der Waals surface area contributed by atoms with E-state index < -0.39 is 47.9 Å². The summed E-state index contributed by atoms with van der Waals surface area (Å²) in [5.74, 6) is -3.27. The number of H-pyrrole nitrogens is 1. The van der Waals surface area contributed by atoms with Gasteiger partial charge in [-0.3, -0.25) is 19.2 Å². The number of nitrogens with one attached hydrogen (secondary N) is 4. The minimum atomic E-state index is -1.18. The van der Waals surface area contributed by atoms with Gasteiger partial charge in [0.25, 0.3) is 0 Å². The van der Waals surface area contributed by atoms with Crippen molar-refractivity contribution in [2.75, 3.05) is 0 Å². The van der Waals surface area contributed by atoms with E-state index in [4.69, 9.17) is 10.8 Å². The molecule has 0 aromatic carbocycles. The summed E-state index contributed by atoms with van der Waals surface area (Å²) in [6, 6.07) is -3.84. The van der Waals surface area contributed by atoms with Crippen LogP contribution < -0.4 is 21.7 Å². The molecular formula is C21H36N6O5. The molecule has 0 aliphatic heterocycles. The highest BCUT2D eigenvalue weighted by atomic mass is 16.4. The maximum Gasteiger partial charge on any atom is 0.325 e. The van der Waals surface area contributed by atoms with Gasteiger partial charge in [0.1, 0.15) is 18.1 Å². The number of hydrogen-bond acceptors (Lipinski definition) is 6. The van der Waals surface area contributed by atoms with E-state index in [2.05, 4.69) is 25.9 Å². The molecule has 3 amide bonds. The van der Waals surface area contributed by atoms with Gasteiger partial charge in [-0.25, -0.2) is 4.98 Å². The van der Waals surface area contributed by atoms with Crippen molar-refractivity contribution < 1.29 is 24.3 Å². The largest absolute Gasteiger partial charge is 0.480 e. The number of carboxylic acids is 1. The fourth-order valence-corrected chi connectivity index (χ4v) is 3.00. The molecule has 1 aromatic rings. The molecule has 11 nitrogen and oxygen atoms in total. The van der Waals surface area contributed by atoms with Crippen LogP contribution in [-0.4, -0.2) is 62.9 Å². The number of nitrogens with two attached hydrogens (primary N) is 1. The van der Waals surface area contributed by atoms with Gasteiger partial charge in [0.15, 0.2) is 0 Å². The number of aromatic nitrogens is 2. The molecule has 0 spiro atoms. The van der Waals surface area contributed by atoms with Crippen LogP contribution in [0.15, 0.2) is 12.5 Å². The van der Waals surface area contributed by atoms with Gasteiger partial charge in [0, 0.05) is 18.3 Å². The first-order valence-corrected chi connectivity index (χ1v) is 10.9. The monoisotopic (exact) mass is 452 g/mol. The first kappa shape index (κ1) is 27.1. The molecular weight excluding hydrogens is 416 g/mol. The minimum absolute atomic E-state index is 0.225. The first-order valence-electron chi connectivity index (χ1n) is 10.9. The zero-order valence-corrected chi connectivity index (χ0v) is 19.3. The summed E-state index contributed by atoms with van der Waals surface area (Å²) in [5, 5.41) is 16.9. The second kappa shape index (κ2) is 12.8. The van der Waals surface area contributed by atoms with Crippen molar-refractivity contribution in [1.29, 1.82) is 0 Å². The molecule has 1 aromatic heterocycles. The Balaban J connectivity index is 2.94. The fraction of sp³-hybridized carbons (Fsp3) is 0.667. The van der Waals surface area contributed by atoms with Crippen LogP contribution in [0.5, 0.6) is 0 Å². The number of rotatable bonds is 13. The van der Waals surface area contributed by atoms with Crippen molar-refractivity contribution >= 4 is 23.7 Å². The highest BCUT2D eigenvalue weighted by Gasteiger charge is 2.33. The second-order valence-electron chi connectivity index (χ2n) is 8.20. The lowest BCUT2D eigenvalue weighted by atomic mass is 9.94. The molecule has 7 N–H and O–H groups in total. The van der Waals surface area contributed by atoms with Crippen molar-refractivity contribution in [3.8, 4) is 0 Å². The number of nitrogens with zero attached hydrogens (tertiary/aromatic N) is 1. The summed E-state index contributed by atoms with van der Waals surface area (Å²) in [6.45, 7) is 8.69. The molecule has 32 heavy (non-hydrogen) atoms. The third-order valence-electron chi connectivity index (χ3n) is 5.65. The molecule has 6 atom stereocenters. The number of aliphatic carboxylic acids is 1. The lowest BCUT2D eigenvalue weighted by molar-refractivity contribution is -0.142. The van der Waals surface area contributed by atoms with E-state index in [0.29, 0.717) is 18.5 Å². The summed E-state index contributed by atoms with van der Waals surface area (Å²) in [6.07, 6.45) is 4.46. The van der Waals surface area contributed by atoms with Crippen LogP contribution in [0.4, 0.5) is 0 Å². The van der Waals surface area contributed by atoms with Crippen molar-refractivity contribution in [2.45, 2.75) is 78.0 Å². The first-order chi connectivity index (χ1) is 15.0. The Morgan fingerprint density at radius 1 is 0.969 bits per heavy atom. The Hall–Kier alpha value is -2.95. The van der Waals surface area contributed by atoms with Gasteiger partial charge in [-0.15, -0.1) is 0 Å². The quantitative estimate of drug-likeness (QED) is 0.242. The molecule has 0 bridgehead atoms. The van der Waals surface area contributed by atoms with E-state index in [9.17, 15) is 19.2 Å². The van der Waals surface area contributed by atoms with E-state index in [0.717, 1.165) is 0 Å². The molecule has 6 unspecified atom stereocenters. The predicted molar refractivity (Wildman–Crippen MR) is 118 cm³/mol. The Morgan fingerprint density at radius 2 is 1.47 bits per heavy atom. The molecule has 1 rings (SSSR count). The van der Waals surface area contributed by atoms with Crippen molar-refractivity contribution in [2.24, 2.45) is 17.6 Å². The van der Waals surface area contributed by atoms with Gasteiger partial charge in [0.2, 0.25) is 17.7 Å². The number of aromatic amines is 1. The van der Waals surface area contributed by atoms with Crippen LogP contribution in [0.1, 0.15) is 53.2 Å². The number of amides is 3. The zero-order chi connectivity index (χ0) is 24.4. The summed E-state index contributed by atoms with van der Waals surface area (Å²) >= 11 is 0. The molecule has 0 saturated carbocycles. The van der Waals surface area contributed by atoms with Gasteiger partial charge in [-0.2, -0.15) is 0 Å². The summed E-state index contributed by atoms with van der Waals surface area (Å²) < 4.78 is 0. The smallest absolute Gasteiger partial charge is 0.325 e. The zero-order valence-electron chi connectivity index (χ0n) is 19.3. The standard InChI is InChI=1S/C21H36N6O5/c1-6-11(3)16(19(29)25-13(5)21(31)32)27-20(30)17(12(4)7-2)26-18(28)15(22)8-14-9-23-10-24-14/h9-13,15-17H,6-8,22H2,1-5H3,(H,23,24)(H,25,29)(H,26,28)(H,27,30)(H,31,32). The van der Waals surface area contributed by atoms with E-state index in [1.165, 1.54) is 13.3 Å². The number of carbonyl (C=O) groups is 4. The number of carboxylic acid groups (broad SMARTS) is 1. The second-order valence-corrected chi connectivity index (χ2v) is 8.20. The van der Waals surface area contributed by atoms with E-state index in [1.54, 1.807) is 13.1 Å². The summed E-state index contributed by atoms with van der Waals surface area (Å²) in [7, 11) is 0. The number of hydrogen-bond donors (Lipinski definition) is 6. The average Bonchev–Trinajstić information content (AvgIpc) is 3.26. The normalized spacial score (nSPS) is 16.7. The molecule has 0 radical (unpaired) electrons. The lowest BCUT2D eigenvalue weighted by Gasteiger charge is -2.29. The van der Waals surface area contributed by atoms with E-state index >= 15 is 0 Å². The molecule has 180 valence electrons. The highest BCUT2D eigenvalue weighted by Crippen LogP contribution is 2.13. The van der Waals surface area contributed by atoms with Crippen LogP contribution >= 0.6 is 0 Å². The van der Waals surface area contributed by atoms with Crippen LogP contribution in [0.25, 0.3) is 0 Å². The molecule has 11 heteroatoms. The Labute approximate surface area is 188 Å². The Bertz CT molecular complexity index is 769. The minimum Gasteiger partial charge on any atom is -0.480 e. The molecule has 0 aliphatic carbocycles. The van der Waals surface area contributed by atoms with Gasteiger partial charge in [0.05, 0.1) is 12.4 Å². The van der Waals surface area contributed by atoms with Gasteiger partial charge in [-0.1, -0.05) is 40.5 Å². The average molecular weight is 453 g/mol. The molecule has 0 aliphatic rings. The fourth-order valence-electron chi connectivity index (χ4n) is 3.00. The predicted octanol–water partition coefficient (Wildman–Crippen LogP) is -0.0694. The summed E-state index contributed by atoms with van der Waals surface area (Å²) in [5.41, 5.74) is 6.68. The number of imidazole rings is 1. The third-order valence-corrected chi connectivity index (χ3v) is 5.65. The van der Waals surface area contributed by atoms with E-state index in [1.807, 2.05) is 20.8 Å². The van der Waals surface area contributed by atoms with Crippen molar-refractivity contribution in [3.63, 3.8) is 0 Å². The van der Waals surface area contributed by atoms with Crippen molar-refractivity contribution in [3.05, 3.63) is 18.2 Å². The Kier molecular flexibility index (Phi) is 10.8. The number of carbonyl (C=O) groups excluding carboxylic acids is 3. The van der Waals surface area contributed by atoms with Crippen LogP contribution in [-0.2, 0) is 25.6 Å². The van der Waals surface area contributed by atoms with Gasteiger partial charge in [-0.05, 0) is 18.8 Å².